The summed E-state index contributed by atoms with van der Waals surface area (Å²) in [5, 5.41) is 8.46. The number of alkyl halides is 3. The summed E-state index contributed by atoms with van der Waals surface area (Å²) < 4.78 is 41.6. The summed E-state index contributed by atoms with van der Waals surface area (Å²) in [6.45, 7) is 0. The van der Waals surface area contributed by atoms with E-state index in [0.29, 0.717) is 0 Å². The minimum Gasteiger partial charge on any atom is -0.481 e. The number of pyridine rings is 1. The monoisotopic (exact) mass is 235 g/mol. The second-order valence-corrected chi connectivity index (χ2v) is 2.93. The molecule has 0 amide bonds. The van der Waals surface area contributed by atoms with E-state index in [-0.39, 0.29) is 5.69 Å². The number of ether oxygens (including phenoxy) is 1. The molecule has 0 aliphatic rings. The topological polar surface area (TPSA) is 59.4 Å². The first-order chi connectivity index (χ1) is 7.34. The SMILES string of the molecule is COc1nc(CC(=O)O)ccc1C(F)(F)F. The van der Waals surface area contributed by atoms with Crippen LogP contribution in [-0.4, -0.2) is 23.2 Å². The van der Waals surface area contributed by atoms with Crippen LogP contribution in [-0.2, 0) is 17.4 Å². The van der Waals surface area contributed by atoms with Crippen molar-refractivity contribution < 1.29 is 27.8 Å². The van der Waals surface area contributed by atoms with Gasteiger partial charge in [0.05, 0.1) is 19.2 Å². The molecule has 0 unspecified atom stereocenters. The quantitative estimate of drug-likeness (QED) is 0.866. The van der Waals surface area contributed by atoms with Gasteiger partial charge in [-0.15, -0.1) is 0 Å². The average Bonchev–Trinajstić information content (AvgIpc) is 2.14. The molecule has 88 valence electrons. The van der Waals surface area contributed by atoms with Crippen molar-refractivity contribution in [2.24, 2.45) is 0 Å². The highest BCUT2D eigenvalue weighted by atomic mass is 19.4. The lowest BCUT2D eigenvalue weighted by molar-refractivity contribution is -0.139. The lowest BCUT2D eigenvalue weighted by atomic mass is 10.2. The van der Waals surface area contributed by atoms with E-state index in [4.69, 9.17) is 5.11 Å². The van der Waals surface area contributed by atoms with Crippen molar-refractivity contribution in [3.05, 3.63) is 23.4 Å². The van der Waals surface area contributed by atoms with Gasteiger partial charge in [0.25, 0.3) is 0 Å². The molecule has 0 saturated heterocycles. The Hall–Kier alpha value is -1.79. The molecule has 1 rings (SSSR count). The van der Waals surface area contributed by atoms with Gasteiger partial charge in [-0.1, -0.05) is 0 Å². The minimum atomic E-state index is -4.57. The van der Waals surface area contributed by atoms with Gasteiger partial charge >= 0.3 is 12.1 Å². The summed E-state index contributed by atoms with van der Waals surface area (Å²) in [6.07, 6.45) is -5.02. The second-order valence-electron chi connectivity index (χ2n) is 2.93. The number of halogens is 3. The molecule has 0 radical (unpaired) electrons. The van der Waals surface area contributed by atoms with Crippen molar-refractivity contribution in [3.8, 4) is 5.88 Å². The van der Waals surface area contributed by atoms with Gasteiger partial charge in [-0.2, -0.15) is 13.2 Å². The largest absolute Gasteiger partial charge is 0.481 e. The highest BCUT2D eigenvalue weighted by molar-refractivity contribution is 5.69. The Kier molecular flexibility index (Phi) is 3.36. The fourth-order valence-corrected chi connectivity index (χ4v) is 1.10. The van der Waals surface area contributed by atoms with Gasteiger partial charge in [0.2, 0.25) is 5.88 Å². The van der Waals surface area contributed by atoms with E-state index in [1.165, 1.54) is 0 Å². The Morgan fingerprint density at radius 3 is 2.56 bits per heavy atom. The number of nitrogens with zero attached hydrogens (tertiary/aromatic N) is 1. The number of hydrogen-bond donors (Lipinski definition) is 1. The molecule has 1 aromatic rings. The molecule has 7 heteroatoms. The Labute approximate surface area is 88.7 Å². The molecule has 0 saturated carbocycles. The molecule has 4 nitrogen and oxygen atoms in total. The van der Waals surface area contributed by atoms with Crippen LogP contribution in [0.5, 0.6) is 5.88 Å². The number of carboxylic acid groups (broad SMARTS) is 1. The fourth-order valence-electron chi connectivity index (χ4n) is 1.10. The molecule has 1 aromatic heterocycles. The maximum absolute atomic E-state index is 12.4. The molecule has 0 aliphatic carbocycles. The molecular weight excluding hydrogens is 227 g/mol. The van der Waals surface area contributed by atoms with Crippen LogP contribution in [0.1, 0.15) is 11.3 Å². The van der Waals surface area contributed by atoms with E-state index in [1.807, 2.05) is 0 Å². The normalized spacial score (nSPS) is 11.2. The first-order valence-electron chi connectivity index (χ1n) is 4.17. The van der Waals surface area contributed by atoms with Crippen molar-refractivity contribution in [1.29, 1.82) is 0 Å². The average molecular weight is 235 g/mol. The van der Waals surface area contributed by atoms with Crippen LogP contribution in [0.4, 0.5) is 13.2 Å². The molecule has 0 aromatic carbocycles. The van der Waals surface area contributed by atoms with E-state index in [2.05, 4.69) is 9.72 Å². The molecule has 16 heavy (non-hydrogen) atoms. The fraction of sp³-hybridized carbons (Fsp3) is 0.333. The number of aromatic nitrogens is 1. The lowest BCUT2D eigenvalue weighted by Gasteiger charge is -2.11. The Morgan fingerprint density at radius 1 is 1.50 bits per heavy atom. The van der Waals surface area contributed by atoms with Crippen LogP contribution in [0.25, 0.3) is 0 Å². The number of carbonyl (C=O) groups is 1. The van der Waals surface area contributed by atoms with Crippen LogP contribution >= 0.6 is 0 Å². The third kappa shape index (κ3) is 2.85. The van der Waals surface area contributed by atoms with E-state index in [9.17, 15) is 18.0 Å². The van der Waals surface area contributed by atoms with E-state index >= 15 is 0 Å². The second kappa shape index (κ2) is 4.38. The Morgan fingerprint density at radius 2 is 2.12 bits per heavy atom. The van der Waals surface area contributed by atoms with Gasteiger partial charge in [0, 0.05) is 0 Å². The highest BCUT2D eigenvalue weighted by Crippen LogP contribution is 2.34. The molecular formula is C9H8F3NO3. The van der Waals surface area contributed by atoms with Crippen LogP contribution in [0, 0.1) is 0 Å². The lowest BCUT2D eigenvalue weighted by Crippen LogP contribution is -2.11. The molecule has 0 fully saturated rings. The molecule has 0 spiro atoms. The zero-order valence-corrected chi connectivity index (χ0v) is 8.21. The van der Waals surface area contributed by atoms with Gasteiger partial charge in [0.15, 0.2) is 0 Å². The summed E-state index contributed by atoms with van der Waals surface area (Å²) in [5.74, 6) is -1.79. The van der Waals surface area contributed by atoms with Gasteiger partial charge < -0.3 is 9.84 Å². The predicted octanol–water partition coefficient (Wildman–Crippen LogP) is 1.74. The van der Waals surface area contributed by atoms with Gasteiger partial charge in [-0.3, -0.25) is 4.79 Å². The Balaban J connectivity index is 3.12. The molecule has 0 bridgehead atoms. The zero-order valence-electron chi connectivity index (χ0n) is 8.21. The summed E-state index contributed by atoms with van der Waals surface area (Å²) in [4.78, 5) is 13.8. The smallest absolute Gasteiger partial charge is 0.421 e. The predicted molar refractivity (Wildman–Crippen MR) is 47.1 cm³/mol. The van der Waals surface area contributed by atoms with Crippen molar-refractivity contribution in [2.45, 2.75) is 12.6 Å². The van der Waals surface area contributed by atoms with Gasteiger partial charge in [-0.25, -0.2) is 4.98 Å². The van der Waals surface area contributed by atoms with E-state index in [1.54, 1.807) is 0 Å². The third-order valence-corrected chi connectivity index (χ3v) is 1.75. The van der Waals surface area contributed by atoms with Crippen LogP contribution in [0.3, 0.4) is 0 Å². The van der Waals surface area contributed by atoms with Crippen molar-refractivity contribution in [2.75, 3.05) is 7.11 Å². The number of hydrogen-bond acceptors (Lipinski definition) is 3. The molecule has 1 heterocycles. The minimum absolute atomic E-state index is 0.0114. The molecule has 1 N–H and O–H groups in total. The van der Waals surface area contributed by atoms with E-state index in [0.717, 1.165) is 19.2 Å². The third-order valence-electron chi connectivity index (χ3n) is 1.75. The summed E-state index contributed by atoms with van der Waals surface area (Å²) in [6, 6.07) is 1.77. The van der Waals surface area contributed by atoms with Gasteiger partial charge in [-0.05, 0) is 12.1 Å². The standard InChI is InChI=1S/C9H8F3NO3/c1-16-8-6(9(10,11)12)3-2-5(13-8)4-7(14)15/h2-3H,4H2,1H3,(H,14,15). The maximum Gasteiger partial charge on any atom is 0.421 e. The Bertz CT molecular complexity index is 403. The van der Waals surface area contributed by atoms with Crippen LogP contribution < -0.4 is 4.74 Å². The number of methoxy groups -OCH3 is 1. The summed E-state index contributed by atoms with van der Waals surface area (Å²) >= 11 is 0. The molecule has 0 aliphatic heterocycles. The first kappa shape index (κ1) is 12.3. The maximum atomic E-state index is 12.4. The number of aliphatic carboxylic acids is 1. The van der Waals surface area contributed by atoms with E-state index < -0.39 is 30.0 Å². The number of carboxylic acids is 1. The van der Waals surface area contributed by atoms with Crippen LogP contribution in [0.2, 0.25) is 0 Å². The van der Waals surface area contributed by atoms with Crippen LogP contribution in [0.15, 0.2) is 12.1 Å². The van der Waals surface area contributed by atoms with Crippen molar-refractivity contribution in [3.63, 3.8) is 0 Å². The summed E-state index contributed by atoms with van der Waals surface area (Å²) in [5.41, 5.74) is -1.01. The van der Waals surface area contributed by atoms with Crippen molar-refractivity contribution in [1.82, 2.24) is 4.98 Å². The first-order valence-corrected chi connectivity index (χ1v) is 4.17. The van der Waals surface area contributed by atoms with Crippen molar-refractivity contribution >= 4 is 5.97 Å². The van der Waals surface area contributed by atoms with Gasteiger partial charge in [0.1, 0.15) is 5.56 Å². The highest BCUT2D eigenvalue weighted by Gasteiger charge is 2.35. The zero-order chi connectivity index (χ0) is 12.3. The molecule has 0 atom stereocenters. The number of rotatable bonds is 3. The summed E-state index contributed by atoms with van der Waals surface area (Å²) in [7, 11) is 1.04.